The quantitative estimate of drug-likeness (QED) is 0.492. The van der Waals surface area contributed by atoms with Gasteiger partial charge in [0.15, 0.2) is 0 Å². The van der Waals surface area contributed by atoms with Gasteiger partial charge in [-0.15, -0.1) is 11.3 Å². The molecule has 5 heteroatoms. The summed E-state index contributed by atoms with van der Waals surface area (Å²) in [7, 11) is 0. The molecule has 108 valence electrons. The van der Waals surface area contributed by atoms with Gasteiger partial charge < -0.3 is 5.32 Å². The van der Waals surface area contributed by atoms with Crippen LogP contribution in [0.15, 0.2) is 34.8 Å². The molecule has 1 atom stereocenters. The number of rotatable bonds is 6. The van der Waals surface area contributed by atoms with Gasteiger partial charge in [-0.3, -0.25) is 0 Å². The molecule has 1 aromatic heterocycles. The van der Waals surface area contributed by atoms with Crippen molar-refractivity contribution >= 4 is 61.5 Å². The highest BCUT2D eigenvalue weighted by Gasteiger charge is 2.16. The average Bonchev–Trinajstić information content (AvgIpc) is 2.83. The van der Waals surface area contributed by atoms with Crippen LogP contribution in [0.5, 0.6) is 0 Å². The van der Waals surface area contributed by atoms with Gasteiger partial charge >= 0.3 is 0 Å². The maximum absolute atomic E-state index is 6.04. The van der Waals surface area contributed by atoms with Crippen LogP contribution in [0.2, 0.25) is 4.34 Å². The highest BCUT2D eigenvalue weighted by Crippen LogP contribution is 2.30. The molecule has 0 aliphatic heterocycles. The van der Waals surface area contributed by atoms with Crippen LogP contribution in [0, 0.1) is 3.57 Å². The normalized spacial score (nSPS) is 12.6. The zero-order valence-electron chi connectivity index (χ0n) is 11.1. The van der Waals surface area contributed by atoms with E-state index >= 15 is 0 Å². The van der Waals surface area contributed by atoms with E-state index in [0.717, 1.165) is 28.2 Å². The minimum Gasteiger partial charge on any atom is -0.310 e. The van der Waals surface area contributed by atoms with E-state index in [1.807, 2.05) is 6.07 Å². The van der Waals surface area contributed by atoms with Gasteiger partial charge in [0.05, 0.1) is 4.34 Å². The molecule has 1 unspecified atom stereocenters. The molecule has 1 nitrogen and oxygen atoms in total. The van der Waals surface area contributed by atoms with Crippen LogP contribution in [0.1, 0.15) is 29.8 Å². The summed E-state index contributed by atoms with van der Waals surface area (Å²) in [4.78, 5) is 1.32. The first-order valence-electron chi connectivity index (χ1n) is 6.52. The van der Waals surface area contributed by atoms with Crippen molar-refractivity contribution in [2.75, 3.05) is 6.54 Å². The van der Waals surface area contributed by atoms with E-state index in [0.29, 0.717) is 6.04 Å². The lowest BCUT2D eigenvalue weighted by Crippen LogP contribution is -2.24. The molecule has 0 spiro atoms. The van der Waals surface area contributed by atoms with Gasteiger partial charge in [0, 0.05) is 25.4 Å². The van der Waals surface area contributed by atoms with Crippen LogP contribution in [-0.2, 0) is 6.42 Å². The fraction of sp³-hybridized carbons (Fsp3) is 0.333. The zero-order chi connectivity index (χ0) is 14.5. The first-order valence-corrected chi connectivity index (χ1v) is 9.59. The van der Waals surface area contributed by atoms with Crippen LogP contribution in [0.25, 0.3) is 0 Å². The van der Waals surface area contributed by atoms with Crippen LogP contribution in [-0.4, -0.2) is 6.54 Å². The lowest BCUT2D eigenvalue weighted by Gasteiger charge is -2.20. The first kappa shape index (κ1) is 16.7. The van der Waals surface area contributed by atoms with Crippen molar-refractivity contribution in [3.8, 4) is 0 Å². The third-order valence-corrected chi connectivity index (χ3v) is 5.74. The summed E-state index contributed by atoms with van der Waals surface area (Å²) in [5, 5.41) is 3.65. The summed E-state index contributed by atoms with van der Waals surface area (Å²) < 4.78 is 3.28. The molecule has 2 rings (SSSR count). The van der Waals surface area contributed by atoms with Crippen molar-refractivity contribution < 1.29 is 0 Å². The SMILES string of the molecule is CCCNC(Cc1ccc(Cl)s1)c1cc(Br)ccc1I. The molecule has 0 radical (unpaired) electrons. The summed E-state index contributed by atoms with van der Waals surface area (Å²) in [6.07, 6.45) is 2.11. The third-order valence-electron chi connectivity index (χ3n) is 3.01. The maximum atomic E-state index is 6.04. The largest absolute Gasteiger partial charge is 0.310 e. The molecule has 0 saturated heterocycles. The third kappa shape index (κ3) is 4.70. The number of benzene rings is 1. The second-order valence-electron chi connectivity index (χ2n) is 4.58. The van der Waals surface area contributed by atoms with Crippen LogP contribution in [0.4, 0.5) is 0 Å². The Labute approximate surface area is 151 Å². The highest BCUT2D eigenvalue weighted by molar-refractivity contribution is 14.1. The van der Waals surface area contributed by atoms with E-state index in [4.69, 9.17) is 11.6 Å². The van der Waals surface area contributed by atoms with Gasteiger partial charge in [-0.1, -0.05) is 34.5 Å². The molecule has 1 N–H and O–H groups in total. The van der Waals surface area contributed by atoms with Gasteiger partial charge in [0.25, 0.3) is 0 Å². The number of halogens is 3. The Balaban J connectivity index is 2.24. The molecule has 0 aliphatic carbocycles. The van der Waals surface area contributed by atoms with E-state index in [2.05, 4.69) is 75.0 Å². The molecule has 0 saturated carbocycles. The van der Waals surface area contributed by atoms with E-state index in [1.54, 1.807) is 11.3 Å². The van der Waals surface area contributed by atoms with E-state index < -0.39 is 0 Å². The molecule has 0 aliphatic rings. The van der Waals surface area contributed by atoms with Crippen molar-refractivity contribution in [1.29, 1.82) is 0 Å². The predicted molar refractivity (Wildman–Crippen MR) is 101 cm³/mol. The number of thiophene rings is 1. The van der Waals surface area contributed by atoms with Gasteiger partial charge in [-0.25, -0.2) is 0 Å². The molecule has 0 amide bonds. The zero-order valence-corrected chi connectivity index (χ0v) is 16.4. The second-order valence-corrected chi connectivity index (χ2v) is 8.46. The highest BCUT2D eigenvalue weighted by atomic mass is 127. The van der Waals surface area contributed by atoms with E-state index in [-0.39, 0.29) is 0 Å². The molecule has 0 bridgehead atoms. The fourth-order valence-electron chi connectivity index (χ4n) is 2.05. The Bertz CT molecular complexity index is 573. The Morgan fingerprint density at radius 2 is 2.15 bits per heavy atom. The van der Waals surface area contributed by atoms with Crippen molar-refractivity contribution in [1.82, 2.24) is 5.32 Å². The number of hydrogen-bond acceptors (Lipinski definition) is 2. The van der Waals surface area contributed by atoms with Gasteiger partial charge in [-0.05, 0) is 71.5 Å². The van der Waals surface area contributed by atoms with Crippen molar-refractivity contribution in [3.63, 3.8) is 0 Å². The molecular weight excluding hydrogens is 469 g/mol. The predicted octanol–water partition coefficient (Wildman–Crippen LogP) is 6.05. The molecule has 1 aromatic carbocycles. The number of hydrogen-bond donors (Lipinski definition) is 1. The lowest BCUT2D eigenvalue weighted by atomic mass is 10.0. The minimum atomic E-state index is 0.328. The van der Waals surface area contributed by atoms with Gasteiger partial charge in [0.1, 0.15) is 0 Å². The average molecular weight is 485 g/mol. The fourth-order valence-corrected chi connectivity index (χ4v) is 4.28. The van der Waals surface area contributed by atoms with Crippen LogP contribution < -0.4 is 5.32 Å². The topological polar surface area (TPSA) is 12.0 Å². The van der Waals surface area contributed by atoms with Crippen molar-refractivity contribution in [3.05, 3.63) is 53.2 Å². The Morgan fingerprint density at radius 3 is 2.80 bits per heavy atom. The summed E-state index contributed by atoms with van der Waals surface area (Å²) in [5.74, 6) is 0. The van der Waals surface area contributed by atoms with Crippen molar-refractivity contribution in [2.24, 2.45) is 0 Å². The maximum Gasteiger partial charge on any atom is 0.0931 e. The van der Waals surface area contributed by atoms with E-state index in [1.165, 1.54) is 14.0 Å². The summed E-state index contributed by atoms with van der Waals surface area (Å²) >= 11 is 13.7. The second kappa shape index (κ2) is 8.13. The van der Waals surface area contributed by atoms with Gasteiger partial charge in [-0.2, -0.15) is 0 Å². The molecule has 1 heterocycles. The monoisotopic (exact) mass is 483 g/mol. The molecule has 2 aromatic rings. The molecule has 20 heavy (non-hydrogen) atoms. The summed E-state index contributed by atoms with van der Waals surface area (Å²) in [6.45, 7) is 3.21. The summed E-state index contributed by atoms with van der Waals surface area (Å²) in [5.41, 5.74) is 1.35. The Hall–Kier alpha value is 0.380. The lowest BCUT2D eigenvalue weighted by molar-refractivity contribution is 0.530. The Morgan fingerprint density at radius 1 is 1.35 bits per heavy atom. The molecule has 0 fully saturated rings. The molecular formula is C15H16BrClINS. The number of nitrogens with one attached hydrogen (secondary N) is 1. The Kier molecular flexibility index (Phi) is 6.81. The smallest absolute Gasteiger partial charge is 0.0931 e. The van der Waals surface area contributed by atoms with Crippen LogP contribution >= 0.6 is 61.5 Å². The standard InChI is InChI=1S/C15H16BrClINS/c1-2-7-19-14(9-11-4-6-15(17)20-11)12-8-10(16)3-5-13(12)18/h3-6,8,14,19H,2,7,9H2,1H3. The van der Waals surface area contributed by atoms with Crippen LogP contribution in [0.3, 0.4) is 0 Å². The minimum absolute atomic E-state index is 0.328. The first-order chi connectivity index (χ1) is 9.60. The van der Waals surface area contributed by atoms with Crippen molar-refractivity contribution in [2.45, 2.75) is 25.8 Å². The van der Waals surface area contributed by atoms with Gasteiger partial charge in [0.2, 0.25) is 0 Å². The van der Waals surface area contributed by atoms with E-state index in [9.17, 15) is 0 Å². The summed E-state index contributed by atoms with van der Waals surface area (Å²) in [6, 6.07) is 10.9.